The summed E-state index contributed by atoms with van der Waals surface area (Å²) < 4.78 is 37.7. The van der Waals surface area contributed by atoms with Crippen molar-refractivity contribution in [3.8, 4) is 11.8 Å². The van der Waals surface area contributed by atoms with Crippen LogP contribution in [-0.4, -0.2) is 26.1 Å². The first-order chi connectivity index (χ1) is 10.5. The number of hydrogen-bond acceptors (Lipinski definition) is 1. The van der Waals surface area contributed by atoms with Crippen molar-refractivity contribution in [1.82, 2.24) is 10.6 Å². The van der Waals surface area contributed by atoms with E-state index >= 15 is 0 Å². The molecule has 0 bridgehead atoms. The Morgan fingerprint density at radius 1 is 1.27 bits per heavy atom. The summed E-state index contributed by atoms with van der Waals surface area (Å²) in [5, 5.41) is 6.11. The topological polar surface area (TPSA) is 36.4 Å². The molecule has 2 N–H and O–H groups in total. The first-order valence-corrected chi connectivity index (χ1v) is 7.08. The van der Waals surface area contributed by atoms with Gasteiger partial charge < -0.3 is 10.6 Å². The number of alkyl halides is 3. The van der Waals surface area contributed by atoms with Gasteiger partial charge in [0.25, 0.3) is 0 Å². The summed E-state index contributed by atoms with van der Waals surface area (Å²) in [6, 6.07) is 4.98. The fourth-order valence-electron chi connectivity index (χ4n) is 1.65. The van der Waals surface area contributed by atoms with E-state index in [4.69, 9.17) is 0 Å². The number of guanidine groups is 1. The van der Waals surface area contributed by atoms with Crippen molar-refractivity contribution in [2.24, 2.45) is 4.99 Å². The zero-order chi connectivity index (χ0) is 16.4. The average Bonchev–Trinajstić information content (AvgIpc) is 2.49. The third kappa shape index (κ3) is 6.53. The molecule has 0 saturated carbocycles. The zero-order valence-electron chi connectivity index (χ0n) is 12.7. The Kier molecular flexibility index (Phi) is 7.30. The van der Waals surface area contributed by atoms with Crippen molar-refractivity contribution in [3.05, 3.63) is 35.4 Å². The Balaban J connectivity index is 2.54. The lowest BCUT2D eigenvalue weighted by atomic mass is 10.1. The van der Waals surface area contributed by atoms with E-state index in [0.29, 0.717) is 18.1 Å². The van der Waals surface area contributed by atoms with E-state index < -0.39 is 11.7 Å². The Morgan fingerprint density at radius 2 is 2.05 bits per heavy atom. The summed E-state index contributed by atoms with van der Waals surface area (Å²) in [6.07, 6.45) is -2.23. The number of halogens is 3. The summed E-state index contributed by atoms with van der Waals surface area (Å²) in [5.74, 6) is 6.13. The van der Waals surface area contributed by atoms with Gasteiger partial charge in [0, 0.05) is 19.2 Å². The van der Waals surface area contributed by atoms with E-state index in [1.54, 1.807) is 13.1 Å². The first kappa shape index (κ1) is 17.9. The van der Waals surface area contributed by atoms with Crippen molar-refractivity contribution in [1.29, 1.82) is 0 Å². The maximum Gasteiger partial charge on any atom is 0.416 e. The highest BCUT2D eigenvalue weighted by molar-refractivity contribution is 5.79. The molecule has 0 fully saturated rings. The Morgan fingerprint density at radius 3 is 2.68 bits per heavy atom. The third-order valence-electron chi connectivity index (χ3n) is 2.81. The van der Waals surface area contributed by atoms with Crippen molar-refractivity contribution in [2.75, 3.05) is 20.1 Å². The summed E-state index contributed by atoms with van der Waals surface area (Å²) in [6.45, 7) is 3.22. The quantitative estimate of drug-likeness (QED) is 0.388. The van der Waals surface area contributed by atoms with Crippen LogP contribution in [0.1, 0.15) is 30.9 Å². The molecule has 0 unspecified atom stereocenters. The van der Waals surface area contributed by atoms with Crippen LogP contribution in [0.3, 0.4) is 0 Å². The number of benzene rings is 1. The molecule has 0 heterocycles. The minimum atomic E-state index is -4.35. The van der Waals surface area contributed by atoms with Gasteiger partial charge in [0.2, 0.25) is 0 Å². The van der Waals surface area contributed by atoms with E-state index in [-0.39, 0.29) is 0 Å². The molecule has 0 atom stereocenters. The first-order valence-electron chi connectivity index (χ1n) is 7.08. The van der Waals surface area contributed by atoms with Gasteiger partial charge in [0.1, 0.15) is 0 Å². The number of rotatable bonds is 4. The van der Waals surface area contributed by atoms with Gasteiger partial charge in [-0.1, -0.05) is 31.3 Å². The maximum absolute atomic E-state index is 12.6. The molecule has 0 aliphatic heterocycles. The molecule has 0 spiro atoms. The predicted molar refractivity (Wildman–Crippen MR) is 82.6 cm³/mol. The molecule has 0 amide bonds. The summed E-state index contributed by atoms with van der Waals surface area (Å²) >= 11 is 0. The van der Waals surface area contributed by atoms with Crippen LogP contribution in [0.5, 0.6) is 0 Å². The average molecular weight is 311 g/mol. The molecule has 3 nitrogen and oxygen atoms in total. The molecule has 1 aromatic carbocycles. The lowest BCUT2D eigenvalue weighted by Gasteiger charge is -2.08. The lowest BCUT2D eigenvalue weighted by Crippen LogP contribution is -2.37. The van der Waals surface area contributed by atoms with E-state index in [1.807, 2.05) is 0 Å². The van der Waals surface area contributed by atoms with E-state index in [2.05, 4.69) is 34.4 Å². The molecule has 22 heavy (non-hydrogen) atoms. The second-order valence-corrected chi connectivity index (χ2v) is 4.59. The molecule has 120 valence electrons. The number of hydrogen-bond donors (Lipinski definition) is 2. The van der Waals surface area contributed by atoms with Crippen molar-refractivity contribution < 1.29 is 13.2 Å². The number of aliphatic imine (C=N–C) groups is 1. The molecule has 0 aromatic heterocycles. The van der Waals surface area contributed by atoms with Gasteiger partial charge in [-0.2, -0.15) is 13.2 Å². The maximum atomic E-state index is 12.6. The molecule has 0 radical (unpaired) electrons. The van der Waals surface area contributed by atoms with E-state index in [1.165, 1.54) is 6.07 Å². The van der Waals surface area contributed by atoms with Crippen LogP contribution in [0.15, 0.2) is 29.3 Å². The highest BCUT2D eigenvalue weighted by Crippen LogP contribution is 2.29. The fourth-order valence-corrected chi connectivity index (χ4v) is 1.65. The van der Waals surface area contributed by atoms with Gasteiger partial charge in [-0.3, -0.25) is 4.99 Å². The van der Waals surface area contributed by atoms with Crippen LogP contribution in [0.25, 0.3) is 0 Å². The van der Waals surface area contributed by atoms with Crippen LogP contribution in [0, 0.1) is 11.8 Å². The minimum absolute atomic E-state index is 0.308. The van der Waals surface area contributed by atoms with Gasteiger partial charge in [0.05, 0.1) is 12.1 Å². The van der Waals surface area contributed by atoms with Crippen molar-refractivity contribution in [3.63, 3.8) is 0 Å². The Hall–Kier alpha value is -2.16. The largest absolute Gasteiger partial charge is 0.416 e. The Labute approximate surface area is 129 Å². The molecular formula is C16H20F3N3. The van der Waals surface area contributed by atoms with Crippen LogP contribution in [-0.2, 0) is 6.18 Å². The third-order valence-corrected chi connectivity index (χ3v) is 2.81. The second-order valence-electron chi connectivity index (χ2n) is 4.59. The molecular weight excluding hydrogens is 291 g/mol. The minimum Gasteiger partial charge on any atom is -0.356 e. The molecule has 1 aromatic rings. The van der Waals surface area contributed by atoms with Gasteiger partial charge in [0.15, 0.2) is 5.96 Å². The number of unbranched alkanes of at least 4 members (excludes halogenated alkanes) is 1. The fraction of sp³-hybridized carbons (Fsp3) is 0.438. The van der Waals surface area contributed by atoms with Gasteiger partial charge in [-0.25, -0.2) is 0 Å². The standard InChI is InChI=1S/C16H20F3N3/c1-3-4-10-21-15(20-2)22-11-6-8-13-7-5-9-14(12-13)16(17,18)19/h5,7,9,12H,3-4,10-11H2,1-2H3,(H2,20,21,22). The summed E-state index contributed by atoms with van der Waals surface area (Å²) in [7, 11) is 1.65. The van der Waals surface area contributed by atoms with Crippen LogP contribution >= 0.6 is 0 Å². The molecule has 0 aliphatic rings. The van der Waals surface area contributed by atoms with Crippen LogP contribution < -0.4 is 10.6 Å². The smallest absolute Gasteiger partial charge is 0.356 e. The normalized spacial score (nSPS) is 11.6. The highest BCUT2D eigenvalue weighted by atomic mass is 19.4. The summed E-state index contributed by atoms with van der Waals surface area (Å²) in [5.41, 5.74) is -0.352. The summed E-state index contributed by atoms with van der Waals surface area (Å²) in [4.78, 5) is 4.03. The van der Waals surface area contributed by atoms with Gasteiger partial charge in [-0.05, 0) is 24.6 Å². The molecule has 6 heteroatoms. The van der Waals surface area contributed by atoms with Gasteiger partial charge >= 0.3 is 6.18 Å². The van der Waals surface area contributed by atoms with Crippen LogP contribution in [0.2, 0.25) is 0 Å². The SMILES string of the molecule is CCCCNC(=NC)NCC#Cc1cccc(C(F)(F)F)c1. The zero-order valence-corrected chi connectivity index (χ0v) is 12.7. The lowest BCUT2D eigenvalue weighted by molar-refractivity contribution is -0.137. The van der Waals surface area contributed by atoms with Crippen molar-refractivity contribution >= 4 is 5.96 Å². The second kappa shape index (κ2) is 8.98. The molecule has 1 rings (SSSR count). The van der Waals surface area contributed by atoms with Crippen LogP contribution in [0.4, 0.5) is 13.2 Å². The van der Waals surface area contributed by atoms with E-state index in [0.717, 1.165) is 31.5 Å². The predicted octanol–water partition coefficient (Wildman–Crippen LogP) is 3.02. The van der Waals surface area contributed by atoms with E-state index in [9.17, 15) is 13.2 Å². The number of nitrogens with one attached hydrogen (secondary N) is 2. The molecule has 0 aliphatic carbocycles. The van der Waals surface area contributed by atoms with Gasteiger partial charge in [-0.15, -0.1) is 0 Å². The molecule has 0 saturated heterocycles. The number of nitrogens with zero attached hydrogens (tertiary/aromatic N) is 1. The van der Waals surface area contributed by atoms with Crippen molar-refractivity contribution in [2.45, 2.75) is 25.9 Å². The Bertz CT molecular complexity index is 554. The highest BCUT2D eigenvalue weighted by Gasteiger charge is 2.30. The monoisotopic (exact) mass is 311 g/mol.